The SMILES string of the molecule is CC(C)(C)C(=O)n1nc(-c2c(C#N)ccn(CC(=O)c3ccon3)c2=O)cc1NCc1ccc(Cl)s1. The minimum Gasteiger partial charge on any atom is -0.365 e. The van der Waals surface area contributed by atoms with Gasteiger partial charge < -0.3 is 14.4 Å². The predicted molar refractivity (Wildman–Crippen MR) is 134 cm³/mol. The molecule has 0 aromatic carbocycles. The number of hydrogen-bond donors (Lipinski definition) is 1. The summed E-state index contributed by atoms with van der Waals surface area (Å²) in [5, 5.41) is 20.9. The second-order valence-electron chi connectivity index (χ2n) is 8.90. The molecule has 36 heavy (non-hydrogen) atoms. The minimum absolute atomic E-state index is 0.0179. The lowest BCUT2D eigenvalue weighted by Crippen LogP contribution is -2.29. The molecular weight excluding hydrogens is 504 g/mol. The zero-order chi connectivity index (χ0) is 26.0. The first-order chi connectivity index (χ1) is 17.1. The highest BCUT2D eigenvalue weighted by atomic mass is 35.5. The van der Waals surface area contributed by atoms with Crippen LogP contribution in [0.3, 0.4) is 0 Å². The van der Waals surface area contributed by atoms with Crippen LogP contribution in [0.1, 0.15) is 46.5 Å². The van der Waals surface area contributed by atoms with Crippen LogP contribution >= 0.6 is 22.9 Å². The number of pyridine rings is 1. The van der Waals surface area contributed by atoms with Crippen molar-refractivity contribution in [2.45, 2.75) is 33.9 Å². The van der Waals surface area contributed by atoms with Crippen LogP contribution in [0.5, 0.6) is 0 Å². The third kappa shape index (κ3) is 5.15. The number of carbonyl (C=O) groups is 2. The fourth-order valence-corrected chi connectivity index (χ4v) is 4.39. The molecule has 0 aliphatic heterocycles. The Balaban J connectivity index is 1.77. The van der Waals surface area contributed by atoms with Crippen molar-refractivity contribution in [3.63, 3.8) is 0 Å². The maximum absolute atomic E-state index is 13.4. The highest BCUT2D eigenvalue weighted by Gasteiger charge is 2.28. The molecule has 0 spiro atoms. The van der Waals surface area contributed by atoms with Gasteiger partial charge in [0.25, 0.3) is 11.5 Å². The molecule has 0 unspecified atom stereocenters. The van der Waals surface area contributed by atoms with Crippen molar-refractivity contribution >= 4 is 40.4 Å². The molecule has 0 radical (unpaired) electrons. The van der Waals surface area contributed by atoms with Crippen molar-refractivity contribution in [3.05, 3.63) is 73.6 Å². The molecule has 0 bridgehead atoms. The molecule has 1 N–H and O–H groups in total. The zero-order valence-corrected chi connectivity index (χ0v) is 21.2. The Morgan fingerprint density at radius 1 is 1.25 bits per heavy atom. The molecule has 0 saturated heterocycles. The molecule has 4 aromatic rings. The van der Waals surface area contributed by atoms with E-state index in [0.717, 1.165) is 4.88 Å². The summed E-state index contributed by atoms with van der Waals surface area (Å²) < 4.78 is 7.69. The average molecular weight is 525 g/mol. The maximum atomic E-state index is 13.4. The molecular formula is C24H21ClN6O4S. The molecule has 4 aromatic heterocycles. The van der Waals surface area contributed by atoms with Gasteiger partial charge in [0.1, 0.15) is 23.8 Å². The number of nitrogens with zero attached hydrogens (tertiary/aromatic N) is 5. The van der Waals surface area contributed by atoms with Gasteiger partial charge in [-0.2, -0.15) is 15.0 Å². The summed E-state index contributed by atoms with van der Waals surface area (Å²) in [6.07, 6.45) is 2.62. The van der Waals surface area contributed by atoms with E-state index in [-0.39, 0.29) is 35.0 Å². The van der Waals surface area contributed by atoms with Gasteiger partial charge in [0.15, 0.2) is 5.69 Å². The van der Waals surface area contributed by atoms with Crippen LogP contribution in [0.2, 0.25) is 4.34 Å². The summed E-state index contributed by atoms with van der Waals surface area (Å²) in [5.74, 6) is -0.393. The number of halogens is 1. The molecule has 0 fully saturated rings. The molecule has 4 rings (SSSR count). The number of aromatic nitrogens is 4. The first kappa shape index (κ1) is 25.1. The Labute approximate surface area is 214 Å². The molecule has 4 heterocycles. The Hall–Kier alpha value is -4.01. The first-order valence-corrected chi connectivity index (χ1v) is 12.0. The van der Waals surface area contributed by atoms with Crippen molar-refractivity contribution in [2.75, 3.05) is 5.32 Å². The summed E-state index contributed by atoms with van der Waals surface area (Å²) in [6.45, 7) is 5.33. The highest BCUT2D eigenvalue weighted by molar-refractivity contribution is 7.16. The van der Waals surface area contributed by atoms with Crippen molar-refractivity contribution in [1.82, 2.24) is 19.5 Å². The van der Waals surface area contributed by atoms with Crippen LogP contribution in [0.25, 0.3) is 11.3 Å². The number of hydrogen-bond acceptors (Lipinski definition) is 9. The highest BCUT2D eigenvalue weighted by Crippen LogP contribution is 2.27. The van der Waals surface area contributed by atoms with E-state index in [4.69, 9.17) is 16.1 Å². The van der Waals surface area contributed by atoms with Gasteiger partial charge in [-0.05, 0) is 18.2 Å². The molecule has 10 nitrogen and oxygen atoms in total. The number of nitrogens with one attached hydrogen (secondary N) is 1. The molecule has 12 heteroatoms. The lowest BCUT2D eigenvalue weighted by molar-refractivity contribution is 0.0752. The van der Waals surface area contributed by atoms with Crippen LogP contribution < -0.4 is 10.9 Å². The van der Waals surface area contributed by atoms with Crippen LogP contribution in [-0.4, -0.2) is 31.2 Å². The average Bonchev–Trinajstić information content (AvgIpc) is 3.59. The standard InChI is InChI=1S/C24H21ClN6O4S/c1-24(2,3)23(34)31-20(27-12-15-4-5-19(25)36-15)10-17(28-31)21-14(11-26)6-8-30(22(21)33)13-18(32)16-7-9-35-29-16/h4-10,27H,12-13H2,1-3H3. The summed E-state index contributed by atoms with van der Waals surface area (Å²) in [7, 11) is 0. The number of anilines is 1. The zero-order valence-electron chi connectivity index (χ0n) is 19.6. The molecule has 0 aliphatic carbocycles. The summed E-state index contributed by atoms with van der Waals surface area (Å²) >= 11 is 7.41. The molecule has 0 aliphatic rings. The smallest absolute Gasteiger partial charge is 0.261 e. The number of ketones is 1. The van der Waals surface area contributed by atoms with Crippen LogP contribution in [0, 0.1) is 16.7 Å². The number of thiophene rings is 1. The lowest BCUT2D eigenvalue weighted by Gasteiger charge is -2.18. The van der Waals surface area contributed by atoms with Gasteiger partial charge in [-0.15, -0.1) is 11.3 Å². The lowest BCUT2D eigenvalue weighted by atomic mass is 9.96. The van der Waals surface area contributed by atoms with E-state index in [0.29, 0.717) is 16.7 Å². The van der Waals surface area contributed by atoms with E-state index in [1.807, 2.05) is 12.1 Å². The summed E-state index contributed by atoms with van der Waals surface area (Å²) in [4.78, 5) is 39.9. The second kappa shape index (κ2) is 9.93. The maximum Gasteiger partial charge on any atom is 0.261 e. The van der Waals surface area contributed by atoms with Gasteiger partial charge in [-0.1, -0.05) is 37.5 Å². The van der Waals surface area contributed by atoms with E-state index in [2.05, 4.69) is 15.6 Å². The Kier molecular flexibility index (Phi) is 6.92. The molecule has 0 atom stereocenters. The molecule has 184 valence electrons. The largest absolute Gasteiger partial charge is 0.365 e. The Morgan fingerprint density at radius 3 is 2.64 bits per heavy atom. The van der Waals surface area contributed by atoms with E-state index in [1.165, 1.54) is 45.2 Å². The third-order valence-electron chi connectivity index (χ3n) is 5.20. The predicted octanol–water partition coefficient (Wildman–Crippen LogP) is 4.47. The van der Waals surface area contributed by atoms with Crippen molar-refractivity contribution in [1.29, 1.82) is 5.26 Å². The summed E-state index contributed by atoms with van der Waals surface area (Å²) in [6, 6.07) is 10.0. The van der Waals surface area contributed by atoms with E-state index < -0.39 is 16.8 Å². The van der Waals surface area contributed by atoms with Crippen LogP contribution in [0.4, 0.5) is 5.82 Å². The van der Waals surface area contributed by atoms with Crippen molar-refractivity contribution in [3.8, 4) is 17.3 Å². The van der Waals surface area contributed by atoms with Gasteiger partial charge in [0.2, 0.25) is 5.78 Å². The third-order valence-corrected chi connectivity index (χ3v) is 6.43. The van der Waals surface area contributed by atoms with Gasteiger partial charge in [0, 0.05) is 28.6 Å². The monoisotopic (exact) mass is 524 g/mol. The van der Waals surface area contributed by atoms with Crippen LogP contribution in [-0.2, 0) is 13.1 Å². The number of nitriles is 1. The first-order valence-electron chi connectivity index (χ1n) is 10.8. The number of Topliss-reactive ketones (excluding diaryl/α,β-unsaturated/α-hetero) is 1. The second-order valence-corrected chi connectivity index (χ2v) is 10.7. The van der Waals surface area contributed by atoms with Gasteiger partial charge in [-0.25, -0.2) is 0 Å². The normalized spacial score (nSPS) is 11.3. The fourth-order valence-electron chi connectivity index (χ4n) is 3.36. The topological polar surface area (TPSA) is 136 Å². The van der Waals surface area contributed by atoms with Gasteiger partial charge in [-0.3, -0.25) is 14.4 Å². The van der Waals surface area contributed by atoms with E-state index >= 15 is 0 Å². The number of carbonyl (C=O) groups excluding carboxylic acids is 2. The fraction of sp³-hybridized carbons (Fsp3) is 0.250. The Bertz CT molecular complexity index is 1540. The van der Waals surface area contributed by atoms with Gasteiger partial charge >= 0.3 is 0 Å². The van der Waals surface area contributed by atoms with Crippen LogP contribution in [0.15, 0.2) is 52.1 Å². The quantitative estimate of drug-likeness (QED) is 0.350. The minimum atomic E-state index is -0.773. The van der Waals surface area contributed by atoms with Gasteiger partial charge in [0.05, 0.1) is 28.6 Å². The summed E-state index contributed by atoms with van der Waals surface area (Å²) in [5.41, 5.74) is -1.12. The van der Waals surface area contributed by atoms with Crippen molar-refractivity contribution < 1.29 is 14.1 Å². The molecule has 0 amide bonds. The Morgan fingerprint density at radius 2 is 2.03 bits per heavy atom. The van der Waals surface area contributed by atoms with E-state index in [1.54, 1.807) is 32.9 Å². The number of rotatable bonds is 7. The molecule has 0 saturated carbocycles. The van der Waals surface area contributed by atoms with Crippen molar-refractivity contribution in [2.24, 2.45) is 5.41 Å². The van der Waals surface area contributed by atoms with E-state index in [9.17, 15) is 19.6 Å².